The molecular weight excluding hydrogens is 382 g/mol. The number of aryl methyl sites for hydroxylation is 2. The number of benzene rings is 2. The summed E-state index contributed by atoms with van der Waals surface area (Å²) in [5.41, 5.74) is 4.31. The van der Waals surface area contributed by atoms with Crippen LogP contribution in [0.25, 0.3) is 10.2 Å². The standard InChI is InChI=1S/C23H27N3O2S/c1-15-9-16(2)11-19(10-15)26(23-24-20-7-5-6-8-21(20)29-23)14-22(27)25-12-17(3)28-18(4)13-25/h5-11,17-18H,12-14H2,1-4H3/t17-,18+. The Morgan fingerprint density at radius 3 is 2.45 bits per heavy atom. The fourth-order valence-corrected chi connectivity index (χ4v) is 4.95. The van der Waals surface area contributed by atoms with Crippen molar-refractivity contribution in [1.82, 2.24) is 9.88 Å². The van der Waals surface area contributed by atoms with E-state index in [1.165, 1.54) is 11.1 Å². The second-order valence-electron chi connectivity index (χ2n) is 7.95. The summed E-state index contributed by atoms with van der Waals surface area (Å²) in [5.74, 6) is 0.102. The van der Waals surface area contributed by atoms with Crippen molar-refractivity contribution >= 4 is 38.3 Å². The molecule has 4 rings (SSSR count). The van der Waals surface area contributed by atoms with Crippen LogP contribution in [0.15, 0.2) is 42.5 Å². The molecule has 1 fully saturated rings. The van der Waals surface area contributed by atoms with Gasteiger partial charge in [-0.25, -0.2) is 4.98 Å². The molecule has 0 unspecified atom stereocenters. The summed E-state index contributed by atoms with van der Waals surface area (Å²) in [4.78, 5) is 22.0. The number of para-hydroxylation sites is 1. The van der Waals surface area contributed by atoms with Crippen LogP contribution in [0.5, 0.6) is 0 Å². The van der Waals surface area contributed by atoms with Gasteiger partial charge in [0.15, 0.2) is 5.13 Å². The summed E-state index contributed by atoms with van der Waals surface area (Å²) in [7, 11) is 0. The highest BCUT2D eigenvalue weighted by Gasteiger charge is 2.28. The van der Waals surface area contributed by atoms with Crippen molar-refractivity contribution < 1.29 is 9.53 Å². The molecule has 29 heavy (non-hydrogen) atoms. The first-order chi connectivity index (χ1) is 13.9. The van der Waals surface area contributed by atoms with Gasteiger partial charge in [0.05, 0.1) is 22.4 Å². The predicted octanol–water partition coefficient (Wildman–Crippen LogP) is 4.69. The average molecular weight is 410 g/mol. The van der Waals surface area contributed by atoms with Crippen LogP contribution < -0.4 is 4.90 Å². The van der Waals surface area contributed by atoms with Gasteiger partial charge < -0.3 is 14.5 Å². The zero-order valence-corrected chi connectivity index (χ0v) is 18.2. The Labute approximate surface area is 175 Å². The molecule has 1 aromatic heterocycles. The Kier molecular flexibility index (Phi) is 5.56. The summed E-state index contributed by atoms with van der Waals surface area (Å²) in [5, 5.41) is 0.846. The lowest BCUT2D eigenvalue weighted by atomic mass is 10.1. The molecule has 0 spiro atoms. The van der Waals surface area contributed by atoms with Crippen molar-refractivity contribution in [2.45, 2.75) is 39.9 Å². The first-order valence-electron chi connectivity index (χ1n) is 10.0. The maximum Gasteiger partial charge on any atom is 0.242 e. The lowest BCUT2D eigenvalue weighted by Gasteiger charge is -2.36. The Morgan fingerprint density at radius 1 is 1.14 bits per heavy atom. The highest BCUT2D eigenvalue weighted by molar-refractivity contribution is 7.22. The summed E-state index contributed by atoms with van der Waals surface area (Å²) in [6, 6.07) is 14.5. The topological polar surface area (TPSA) is 45.7 Å². The van der Waals surface area contributed by atoms with E-state index < -0.39 is 0 Å². The molecule has 2 aromatic carbocycles. The predicted molar refractivity (Wildman–Crippen MR) is 119 cm³/mol. The molecule has 1 amide bonds. The van der Waals surface area contributed by atoms with Gasteiger partial charge in [0.2, 0.25) is 5.91 Å². The van der Waals surface area contributed by atoms with Crippen LogP contribution in [-0.4, -0.2) is 47.6 Å². The third kappa shape index (κ3) is 4.43. The molecule has 6 heteroatoms. The smallest absolute Gasteiger partial charge is 0.242 e. The third-order valence-electron chi connectivity index (χ3n) is 5.10. The van der Waals surface area contributed by atoms with Crippen LogP contribution in [0, 0.1) is 13.8 Å². The molecule has 0 radical (unpaired) electrons. The van der Waals surface area contributed by atoms with Crippen LogP contribution in [0.1, 0.15) is 25.0 Å². The van der Waals surface area contributed by atoms with Crippen LogP contribution in [0.4, 0.5) is 10.8 Å². The molecule has 1 aliphatic rings. The van der Waals surface area contributed by atoms with Crippen molar-refractivity contribution in [3.8, 4) is 0 Å². The molecule has 0 aliphatic carbocycles. The zero-order valence-electron chi connectivity index (χ0n) is 17.4. The third-order valence-corrected chi connectivity index (χ3v) is 6.16. The van der Waals surface area contributed by atoms with E-state index >= 15 is 0 Å². The number of aromatic nitrogens is 1. The van der Waals surface area contributed by atoms with Gasteiger partial charge in [-0.2, -0.15) is 0 Å². The molecule has 0 saturated carbocycles. The van der Waals surface area contributed by atoms with E-state index in [0.717, 1.165) is 21.0 Å². The van der Waals surface area contributed by atoms with E-state index in [1.807, 2.05) is 36.9 Å². The van der Waals surface area contributed by atoms with Gasteiger partial charge in [-0.15, -0.1) is 0 Å². The second-order valence-corrected chi connectivity index (χ2v) is 8.96. The number of ether oxygens (including phenoxy) is 1. The van der Waals surface area contributed by atoms with E-state index in [-0.39, 0.29) is 24.7 Å². The van der Waals surface area contributed by atoms with E-state index in [9.17, 15) is 4.79 Å². The SMILES string of the molecule is Cc1cc(C)cc(N(CC(=O)N2C[C@@H](C)O[C@@H](C)C2)c2nc3ccccc3s2)c1. The molecule has 2 heterocycles. The van der Waals surface area contributed by atoms with Crippen LogP contribution in [-0.2, 0) is 9.53 Å². The number of morpholine rings is 1. The van der Waals surface area contributed by atoms with Gasteiger partial charge >= 0.3 is 0 Å². The molecule has 2 atom stereocenters. The average Bonchev–Trinajstić information content (AvgIpc) is 3.08. The minimum Gasteiger partial charge on any atom is -0.372 e. The van der Waals surface area contributed by atoms with E-state index in [0.29, 0.717) is 13.1 Å². The number of hydrogen-bond donors (Lipinski definition) is 0. The van der Waals surface area contributed by atoms with Crippen LogP contribution in [0.3, 0.4) is 0 Å². The minimum atomic E-state index is 0.0554. The van der Waals surface area contributed by atoms with E-state index in [2.05, 4.69) is 43.0 Å². The maximum absolute atomic E-state index is 13.2. The minimum absolute atomic E-state index is 0.0554. The highest BCUT2D eigenvalue weighted by atomic mass is 32.1. The number of amides is 1. The van der Waals surface area contributed by atoms with Gasteiger partial charge in [-0.3, -0.25) is 4.79 Å². The zero-order chi connectivity index (χ0) is 20.5. The molecule has 5 nitrogen and oxygen atoms in total. The Bertz CT molecular complexity index is 969. The summed E-state index contributed by atoms with van der Waals surface area (Å²) in [6.07, 6.45) is 0.111. The van der Waals surface area contributed by atoms with Crippen molar-refractivity contribution in [1.29, 1.82) is 0 Å². The molecule has 0 N–H and O–H groups in total. The summed E-state index contributed by atoms with van der Waals surface area (Å²) < 4.78 is 6.92. The number of thiazole rings is 1. The quantitative estimate of drug-likeness (QED) is 0.627. The fraction of sp³-hybridized carbons (Fsp3) is 0.391. The molecule has 0 bridgehead atoms. The number of fused-ring (bicyclic) bond motifs is 1. The second kappa shape index (κ2) is 8.13. The lowest BCUT2D eigenvalue weighted by molar-refractivity contribution is -0.141. The van der Waals surface area contributed by atoms with Gasteiger partial charge in [-0.05, 0) is 63.1 Å². The molecule has 152 valence electrons. The number of rotatable bonds is 4. The van der Waals surface area contributed by atoms with E-state index in [1.54, 1.807) is 11.3 Å². The largest absolute Gasteiger partial charge is 0.372 e. The van der Waals surface area contributed by atoms with Crippen molar-refractivity contribution in [3.63, 3.8) is 0 Å². The lowest BCUT2D eigenvalue weighted by Crippen LogP contribution is -2.50. The number of anilines is 2. The summed E-state index contributed by atoms with van der Waals surface area (Å²) in [6.45, 7) is 9.73. The Balaban J connectivity index is 1.69. The Hall–Kier alpha value is -2.44. The normalized spacial score (nSPS) is 19.5. The summed E-state index contributed by atoms with van der Waals surface area (Å²) >= 11 is 1.62. The maximum atomic E-state index is 13.2. The van der Waals surface area contributed by atoms with Gasteiger partial charge in [-0.1, -0.05) is 29.5 Å². The van der Waals surface area contributed by atoms with Crippen molar-refractivity contribution in [2.24, 2.45) is 0 Å². The van der Waals surface area contributed by atoms with Gasteiger partial charge in [0.25, 0.3) is 0 Å². The van der Waals surface area contributed by atoms with Gasteiger partial charge in [0, 0.05) is 18.8 Å². The van der Waals surface area contributed by atoms with Crippen molar-refractivity contribution in [2.75, 3.05) is 24.5 Å². The number of carbonyl (C=O) groups is 1. The first-order valence-corrected chi connectivity index (χ1v) is 10.9. The first kappa shape index (κ1) is 19.9. The van der Waals surface area contributed by atoms with Crippen LogP contribution >= 0.6 is 11.3 Å². The van der Waals surface area contributed by atoms with Crippen LogP contribution in [0.2, 0.25) is 0 Å². The number of carbonyl (C=O) groups excluding carboxylic acids is 1. The number of nitrogens with zero attached hydrogens (tertiary/aromatic N) is 3. The number of hydrogen-bond acceptors (Lipinski definition) is 5. The Morgan fingerprint density at radius 2 is 1.79 bits per heavy atom. The van der Waals surface area contributed by atoms with E-state index in [4.69, 9.17) is 9.72 Å². The molecular formula is C23H27N3O2S. The molecule has 1 saturated heterocycles. The molecule has 3 aromatic rings. The van der Waals surface area contributed by atoms with Gasteiger partial charge in [0.1, 0.15) is 6.54 Å². The highest BCUT2D eigenvalue weighted by Crippen LogP contribution is 2.34. The molecule has 1 aliphatic heterocycles. The monoisotopic (exact) mass is 409 g/mol. The fourth-order valence-electron chi connectivity index (χ4n) is 3.97. The van der Waals surface area contributed by atoms with Crippen molar-refractivity contribution in [3.05, 3.63) is 53.6 Å².